The maximum atomic E-state index is 15.1. The summed E-state index contributed by atoms with van der Waals surface area (Å²) >= 11 is 0. The third kappa shape index (κ3) is 4.38. The largest absolute Gasteiger partial charge is 0.453 e. The number of carbonyl (C=O) groups excluding carboxylic acids is 2. The minimum atomic E-state index is -0.900. The molecule has 8 nitrogen and oxygen atoms in total. The normalized spacial score (nSPS) is 16.2. The zero-order chi connectivity index (χ0) is 23.7. The molecule has 2 aromatic carbocycles. The molecule has 4 rings (SSSR count). The second-order valence-corrected chi connectivity index (χ2v) is 7.84. The molecular formula is C23H24F2N4O4. The number of carbonyl (C=O) groups is 2. The fourth-order valence-corrected chi connectivity index (χ4v) is 4.01. The minimum Gasteiger partial charge on any atom is -0.453 e. The number of hydrogen-bond donors (Lipinski definition) is 1. The number of rotatable bonds is 4. The van der Waals surface area contributed by atoms with Gasteiger partial charge in [0.1, 0.15) is 17.5 Å². The molecule has 3 aromatic rings. The van der Waals surface area contributed by atoms with Gasteiger partial charge in [-0.15, -0.1) is 0 Å². The van der Waals surface area contributed by atoms with Crippen molar-refractivity contribution in [2.24, 2.45) is 0 Å². The molecule has 0 saturated carbocycles. The number of aryl methyl sites for hydroxylation is 1. The van der Waals surface area contributed by atoms with E-state index in [-0.39, 0.29) is 30.0 Å². The number of amides is 2. The van der Waals surface area contributed by atoms with Gasteiger partial charge in [0.15, 0.2) is 0 Å². The number of nitrogens with zero attached hydrogens (tertiary/aromatic N) is 3. The van der Waals surface area contributed by atoms with Gasteiger partial charge in [-0.05, 0) is 36.8 Å². The maximum Gasteiger partial charge on any atom is 0.409 e. The van der Waals surface area contributed by atoms with E-state index in [2.05, 4.69) is 10.3 Å². The van der Waals surface area contributed by atoms with Crippen molar-refractivity contribution in [1.29, 1.82) is 0 Å². The lowest BCUT2D eigenvalue weighted by molar-refractivity contribution is -0.0310. The Labute approximate surface area is 189 Å². The molecule has 2 heterocycles. The van der Waals surface area contributed by atoms with E-state index in [1.165, 1.54) is 19.1 Å². The van der Waals surface area contributed by atoms with Crippen LogP contribution in [0.15, 0.2) is 30.3 Å². The van der Waals surface area contributed by atoms with Crippen LogP contribution >= 0.6 is 0 Å². The van der Waals surface area contributed by atoms with Crippen LogP contribution in [0.2, 0.25) is 0 Å². The topological polar surface area (TPSA) is 85.7 Å². The molecular weight excluding hydrogens is 434 g/mol. The van der Waals surface area contributed by atoms with E-state index >= 15 is 8.78 Å². The van der Waals surface area contributed by atoms with Gasteiger partial charge in [-0.1, -0.05) is 6.07 Å². The molecule has 2 amide bonds. The SMILES string of the molecule is CNC(=O)c1cc(F)c(-c2nc3cc(C)ccc3n2CC2CN(C(=O)OC)CCO2)c(F)c1. The Kier molecular flexibility index (Phi) is 6.28. The molecule has 1 unspecified atom stereocenters. The van der Waals surface area contributed by atoms with Crippen molar-refractivity contribution in [3.05, 3.63) is 53.1 Å². The lowest BCUT2D eigenvalue weighted by Gasteiger charge is -2.32. The summed E-state index contributed by atoms with van der Waals surface area (Å²) in [5, 5.41) is 2.35. The van der Waals surface area contributed by atoms with E-state index < -0.39 is 29.7 Å². The molecule has 1 atom stereocenters. The quantitative estimate of drug-likeness (QED) is 0.649. The standard InChI is InChI=1S/C23H24F2N4O4/c1-13-4-5-19-18(8-13)27-21(20-16(24)9-14(10-17(20)25)22(30)26-2)29(19)12-15-11-28(6-7-33-15)23(31)32-3/h4-5,8-10,15H,6-7,11-12H2,1-3H3,(H,26,30). The second kappa shape index (κ2) is 9.14. The van der Waals surface area contributed by atoms with E-state index in [0.717, 1.165) is 17.7 Å². The van der Waals surface area contributed by atoms with Crippen molar-refractivity contribution in [3.63, 3.8) is 0 Å². The van der Waals surface area contributed by atoms with Gasteiger partial charge in [0.2, 0.25) is 0 Å². The predicted octanol–water partition coefficient (Wildman–Crippen LogP) is 3.12. The lowest BCUT2D eigenvalue weighted by Crippen LogP contribution is -2.47. The Morgan fingerprint density at radius 1 is 1.24 bits per heavy atom. The van der Waals surface area contributed by atoms with Crippen molar-refractivity contribution in [2.75, 3.05) is 33.9 Å². The Morgan fingerprint density at radius 3 is 2.64 bits per heavy atom. The van der Waals surface area contributed by atoms with Crippen LogP contribution < -0.4 is 5.32 Å². The average molecular weight is 458 g/mol. The molecule has 10 heteroatoms. The van der Waals surface area contributed by atoms with Gasteiger partial charge in [0, 0.05) is 19.2 Å². The third-order valence-electron chi connectivity index (χ3n) is 5.62. The monoisotopic (exact) mass is 458 g/mol. The highest BCUT2D eigenvalue weighted by atomic mass is 19.1. The third-order valence-corrected chi connectivity index (χ3v) is 5.62. The first-order valence-corrected chi connectivity index (χ1v) is 10.4. The Balaban J connectivity index is 1.79. The fourth-order valence-electron chi connectivity index (χ4n) is 4.01. The summed E-state index contributed by atoms with van der Waals surface area (Å²) < 4.78 is 42.5. The summed E-state index contributed by atoms with van der Waals surface area (Å²) in [4.78, 5) is 29.9. The van der Waals surface area contributed by atoms with Crippen LogP contribution in [0.5, 0.6) is 0 Å². The minimum absolute atomic E-state index is 0.0767. The van der Waals surface area contributed by atoms with Gasteiger partial charge >= 0.3 is 6.09 Å². The summed E-state index contributed by atoms with van der Waals surface area (Å²) in [6, 6.07) is 7.52. The van der Waals surface area contributed by atoms with Crippen LogP contribution in [0.1, 0.15) is 15.9 Å². The fraction of sp³-hybridized carbons (Fsp3) is 0.348. The Bertz CT molecular complexity index is 1200. The van der Waals surface area contributed by atoms with Gasteiger partial charge in [-0.25, -0.2) is 18.6 Å². The summed E-state index contributed by atoms with van der Waals surface area (Å²) in [6.07, 6.45) is -0.900. The first kappa shape index (κ1) is 22.7. The highest BCUT2D eigenvalue weighted by Crippen LogP contribution is 2.31. The summed E-state index contributed by atoms with van der Waals surface area (Å²) in [6.45, 7) is 3.07. The van der Waals surface area contributed by atoms with Crippen LogP contribution in [0.25, 0.3) is 22.4 Å². The van der Waals surface area contributed by atoms with E-state index in [4.69, 9.17) is 9.47 Å². The molecule has 1 aliphatic rings. The van der Waals surface area contributed by atoms with Crippen molar-refractivity contribution < 1.29 is 27.8 Å². The molecule has 1 aliphatic heterocycles. The molecule has 1 N–H and O–H groups in total. The molecule has 0 radical (unpaired) electrons. The summed E-state index contributed by atoms with van der Waals surface area (Å²) in [5.74, 6) is -2.32. The number of methoxy groups -OCH3 is 1. The van der Waals surface area contributed by atoms with Crippen molar-refractivity contribution in [1.82, 2.24) is 19.8 Å². The van der Waals surface area contributed by atoms with E-state index in [1.54, 1.807) is 4.57 Å². The zero-order valence-corrected chi connectivity index (χ0v) is 18.5. The van der Waals surface area contributed by atoms with Crippen molar-refractivity contribution in [2.45, 2.75) is 19.6 Å². The highest BCUT2D eigenvalue weighted by molar-refractivity contribution is 5.94. The predicted molar refractivity (Wildman–Crippen MR) is 117 cm³/mol. The van der Waals surface area contributed by atoms with Crippen LogP contribution in [0.4, 0.5) is 13.6 Å². The first-order chi connectivity index (χ1) is 15.8. The number of aromatic nitrogens is 2. The van der Waals surface area contributed by atoms with Crippen LogP contribution in [-0.2, 0) is 16.0 Å². The van der Waals surface area contributed by atoms with E-state index in [9.17, 15) is 9.59 Å². The van der Waals surface area contributed by atoms with Crippen LogP contribution in [-0.4, -0.2) is 66.4 Å². The molecule has 0 aliphatic carbocycles. The van der Waals surface area contributed by atoms with Crippen LogP contribution in [0, 0.1) is 18.6 Å². The summed E-state index contributed by atoms with van der Waals surface area (Å²) in [7, 11) is 2.69. The van der Waals surface area contributed by atoms with Gasteiger partial charge in [-0.2, -0.15) is 0 Å². The van der Waals surface area contributed by atoms with Crippen molar-refractivity contribution in [3.8, 4) is 11.4 Å². The Morgan fingerprint density at radius 2 is 1.97 bits per heavy atom. The van der Waals surface area contributed by atoms with Crippen molar-refractivity contribution >= 4 is 23.0 Å². The van der Waals surface area contributed by atoms with Gasteiger partial charge < -0.3 is 24.3 Å². The molecule has 174 valence electrons. The second-order valence-electron chi connectivity index (χ2n) is 7.84. The molecule has 0 spiro atoms. The average Bonchev–Trinajstić information content (AvgIpc) is 3.14. The maximum absolute atomic E-state index is 15.1. The number of fused-ring (bicyclic) bond motifs is 1. The lowest BCUT2D eigenvalue weighted by atomic mass is 10.1. The zero-order valence-electron chi connectivity index (χ0n) is 18.5. The number of benzene rings is 2. The van der Waals surface area contributed by atoms with E-state index in [0.29, 0.717) is 24.2 Å². The van der Waals surface area contributed by atoms with Gasteiger partial charge in [0.05, 0.1) is 49.5 Å². The molecule has 1 saturated heterocycles. The first-order valence-electron chi connectivity index (χ1n) is 10.4. The highest BCUT2D eigenvalue weighted by Gasteiger charge is 2.28. The number of imidazole rings is 1. The number of ether oxygens (including phenoxy) is 2. The van der Waals surface area contributed by atoms with Gasteiger partial charge in [0.25, 0.3) is 5.91 Å². The molecule has 0 bridgehead atoms. The summed E-state index contributed by atoms with van der Waals surface area (Å²) in [5.41, 5.74) is 1.72. The number of halogens is 2. The number of nitrogens with one attached hydrogen (secondary N) is 1. The molecule has 33 heavy (non-hydrogen) atoms. The smallest absolute Gasteiger partial charge is 0.409 e. The van der Waals surface area contributed by atoms with Gasteiger partial charge in [-0.3, -0.25) is 4.79 Å². The number of morpholine rings is 1. The van der Waals surface area contributed by atoms with E-state index in [1.807, 2.05) is 25.1 Å². The van der Waals surface area contributed by atoms with Crippen LogP contribution in [0.3, 0.4) is 0 Å². The number of hydrogen-bond acceptors (Lipinski definition) is 5. The molecule has 1 fully saturated rings. The Hall–Kier alpha value is -3.53. The molecule has 1 aromatic heterocycles.